The summed E-state index contributed by atoms with van der Waals surface area (Å²) in [6.07, 6.45) is 4.03. The number of nitrogens with zero attached hydrogens (tertiary/aromatic N) is 2. The third-order valence-electron chi connectivity index (χ3n) is 2.82. The fourth-order valence-electron chi connectivity index (χ4n) is 1.69. The van der Waals surface area contributed by atoms with E-state index in [4.69, 9.17) is 0 Å². The fraction of sp³-hybridized carbons (Fsp3) is 0.267. The van der Waals surface area contributed by atoms with Crippen molar-refractivity contribution in [1.82, 2.24) is 9.97 Å². The summed E-state index contributed by atoms with van der Waals surface area (Å²) in [6, 6.07) is 5.74. The first-order chi connectivity index (χ1) is 10.1. The van der Waals surface area contributed by atoms with Gasteiger partial charge in [0, 0.05) is 23.4 Å². The minimum absolute atomic E-state index is 0.235. The van der Waals surface area contributed by atoms with Crippen LogP contribution in [-0.4, -0.2) is 22.4 Å². The SMILES string of the molecule is CCCNc1ncc(C(=O)Nc2ccc(C)cc2Br)cn1. The summed E-state index contributed by atoms with van der Waals surface area (Å²) in [5, 5.41) is 5.89. The van der Waals surface area contributed by atoms with Crippen LogP contribution in [0.5, 0.6) is 0 Å². The zero-order valence-corrected chi connectivity index (χ0v) is 13.6. The maximum absolute atomic E-state index is 12.1. The summed E-state index contributed by atoms with van der Waals surface area (Å²) < 4.78 is 0.845. The molecule has 1 amide bonds. The van der Waals surface area contributed by atoms with Gasteiger partial charge in [-0.2, -0.15) is 0 Å². The maximum atomic E-state index is 12.1. The molecular weight excluding hydrogens is 332 g/mol. The second-order valence-corrected chi connectivity index (χ2v) is 5.51. The lowest BCUT2D eigenvalue weighted by atomic mass is 10.2. The van der Waals surface area contributed by atoms with Crippen molar-refractivity contribution in [3.05, 3.63) is 46.2 Å². The van der Waals surface area contributed by atoms with Gasteiger partial charge in [-0.3, -0.25) is 4.79 Å². The lowest BCUT2D eigenvalue weighted by molar-refractivity contribution is 0.102. The largest absolute Gasteiger partial charge is 0.354 e. The van der Waals surface area contributed by atoms with E-state index < -0.39 is 0 Å². The van der Waals surface area contributed by atoms with Crippen LogP contribution in [-0.2, 0) is 0 Å². The predicted molar refractivity (Wildman–Crippen MR) is 87.6 cm³/mol. The van der Waals surface area contributed by atoms with Crippen LogP contribution in [0, 0.1) is 6.92 Å². The van der Waals surface area contributed by atoms with Crippen LogP contribution < -0.4 is 10.6 Å². The number of nitrogens with one attached hydrogen (secondary N) is 2. The third-order valence-corrected chi connectivity index (χ3v) is 3.48. The van der Waals surface area contributed by atoms with E-state index in [1.165, 1.54) is 12.4 Å². The molecule has 1 aromatic heterocycles. The van der Waals surface area contributed by atoms with E-state index in [0.717, 1.165) is 28.7 Å². The molecule has 110 valence electrons. The topological polar surface area (TPSA) is 66.9 Å². The number of hydrogen-bond acceptors (Lipinski definition) is 4. The predicted octanol–water partition coefficient (Wildman–Crippen LogP) is 3.62. The van der Waals surface area contributed by atoms with Crippen molar-refractivity contribution in [3.8, 4) is 0 Å². The van der Waals surface area contributed by atoms with Gasteiger partial charge in [0.2, 0.25) is 5.95 Å². The van der Waals surface area contributed by atoms with E-state index in [-0.39, 0.29) is 5.91 Å². The van der Waals surface area contributed by atoms with Gasteiger partial charge in [-0.25, -0.2) is 9.97 Å². The van der Waals surface area contributed by atoms with Crippen LogP contribution in [0.25, 0.3) is 0 Å². The molecule has 0 saturated carbocycles. The monoisotopic (exact) mass is 348 g/mol. The Hall–Kier alpha value is -1.95. The molecule has 0 radical (unpaired) electrons. The van der Waals surface area contributed by atoms with Crippen LogP contribution >= 0.6 is 15.9 Å². The summed E-state index contributed by atoms with van der Waals surface area (Å²) in [6.45, 7) is 4.86. The van der Waals surface area contributed by atoms with E-state index in [0.29, 0.717) is 11.5 Å². The number of halogens is 1. The molecule has 1 aromatic carbocycles. The molecule has 0 spiro atoms. The molecular formula is C15H17BrN4O. The first-order valence-electron chi connectivity index (χ1n) is 6.73. The molecule has 5 nitrogen and oxygen atoms in total. The molecule has 6 heteroatoms. The average molecular weight is 349 g/mol. The quantitative estimate of drug-likeness (QED) is 0.865. The Morgan fingerprint density at radius 1 is 1.29 bits per heavy atom. The molecule has 2 N–H and O–H groups in total. The number of benzene rings is 1. The van der Waals surface area contributed by atoms with E-state index >= 15 is 0 Å². The molecule has 0 aliphatic heterocycles. The van der Waals surface area contributed by atoms with Crippen molar-refractivity contribution in [2.75, 3.05) is 17.2 Å². The highest BCUT2D eigenvalue weighted by Crippen LogP contribution is 2.23. The highest BCUT2D eigenvalue weighted by atomic mass is 79.9. The van der Waals surface area contributed by atoms with Crippen LogP contribution in [0.3, 0.4) is 0 Å². The second kappa shape index (κ2) is 7.17. The number of amides is 1. The maximum Gasteiger partial charge on any atom is 0.258 e. The summed E-state index contributed by atoms with van der Waals surface area (Å²) >= 11 is 3.43. The molecule has 0 atom stereocenters. The van der Waals surface area contributed by atoms with Crippen molar-refractivity contribution in [3.63, 3.8) is 0 Å². The Morgan fingerprint density at radius 3 is 2.62 bits per heavy atom. The first-order valence-corrected chi connectivity index (χ1v) is 7.53. The highest BCUT2D eigenvalue weighted by molar-refractivity contribution is 9.10. The fourth-order valence-corrected chi connectivity index (χ4v) is 2.28. The molecule has 0 bridgehead atoms. The smallest absolute Gasteiger partial charge is 0.258 e. The van der Waals surface area contributed by atoms with Gasteiger partial charge in [-0.05, 0) is 47.0 Å². The van der Waals surface area contributed by atoms with E-state index in [9.17, 15) is 4.79 Å². The summed E-state index contributed by atoms with van der Waals surface area (Å²) in [7, 11) is 0. The molecule has 0 saturated heterocycles. The number of hydrogen-bond donors (Lipinski definition) is 2. The molecule has 2 rings (SSSR count). The van der Waals surface area contributed by atoms with Crippen molar-refractivity contribution in [1.29, 1.82) is 0 Å². The number of aryl methyl sites for hydroxylation is 1. The normalized spacial score (nSPS) is 10.2. The number of carbonyl (C=O) groups is 1. The van der Waals surface area contributed by atoms with Gasteiger partial charge < -0.3 is 10.6 Å². The molecule has 0 aliphatic carbocycles. The van der Waals surface area contributed by atoms with E-state index in [2.05, 4.69) is 43.5 Å². The molecule has 2 aromatic rings. The molecule has 0 unspecified atom stereocenters. The van der Waals surface area contributed by atoms with Gasteiger partial charge in [0.05, 0.1) is 11.3 Å². The van der Waals surface area contributed by atoms with Gasteiger partial charge in [0.1, 0.15) is 0 Å². The Morgan fingerprint density at radius 2 is 2.00 bits per heavy atom. The second-order valence-electron chi connectivity index (χ2n) is 4.66. The third kappa shape index (κ3) is 4.26. The Labute approximate surface area is 132 Å². The van der Waals surface area contributed by atoms with Gasteiger partial charge in [0.15, 0.2) is 0 Å². The summed E-state index contributed by atoms with van der Waals surface area (Å²) in [4.78, 5) is 20.4. The zero-order chi connectivity index (χ0) is 15.2. The lowest BCUT2D eigenvalue weighted by Crippen LogP contribution is -2.14. The summed E-state index contributed by atoms with van der Waals surface area (Å²) in [5.74, 6) is 0.298. The minimum Gasteiger partial charge on any atom is -0.354 e. The average Bonchev–Trinajstić information content (AvgIpc) is 2.48. The minimum atomic E-state index is -0.235. The van der Waals surface area contributed by atoms with Crippen LogP contribution in [0.4, 0.5) is 11.6 Å². The Bertz CT molecular complexity index is 628. The zero-order valence-electron chi connectivity index (χ0n) is 12.0. The van der Waals surface area contributed by atoms with Crippen LogP contribution in [0.15, 0.2) is 35.1 Å². The van der Waals surface area contributed by atoms with Crippen LogP contribution in [0.2, 0.25) is 0 Å². The number of rotatable bonds is 5. The number of aromatic nitrogens is 2. The molecule has 1 heterocycles. The van der Waals surface area contributed by atoms with Crippen molar-refractivity contribution in [2.45, 2.75) is 20.3 Å². The summed E-state index contributed by atoms with van der Waals surface area (Å²) in [5.41, 5.74) is 2.26. The number of anilines is 2. The van der Waals surface area contributed by atoms with Gasteiger partial charge in [-0.1, -0.05) is 13.0 Å². The molecule has 0 aliphatic rings. The number of carbonyl (C=O) groups excluding carboxylic acids is 1. The van der Waals surface area contributed by atoms with Gasteiger partial charge in [0.25, 0.3) is 5.91 Å². The van der Waals surface area contributed by atoms with Crippen molar-refractivity contribution in [2.24, 2.45) is 0 Å². The lowest BCUT2D eigenvalue weighted by Gasteiger charge is -2.08. The van der Waals surface area contributed by atoms with E-state index in [1.54, 1.807) is 0 Å². The van der Waals surface area contributed by atoms with Crippen LogP contribution in [0.1, 0.15) is 29.3 Å². The van der Waals surface area contributed by atoms with Crippen molar-refractivity contribution < 1.29 is 4.79 Å². The molecule has 0 fully saturated rings. The first kappa shape index (κ1) is 15.4. The van der Waals surface area contributed by atoms with Gasteiger partial charge in [-0.15, -0.1) is 0 Å². The van der Waals surface area contributed by atoms with E-state index in [1.807, 2.05) is 25.1 Å². The standard InChI is InChI=1S/C15H17BrN4O/c1-3-6-17-15-18-8-11(9-19-15)14(21)20-13-5-4-10(2)7-12(13)16/h4-5,7-9H,3,6H2,1-2H3,(H,20,21)(H,17,18,19). The Kier molecular flexibility index (Phi) is 5.27. The highest BCUT2D eigenvalue weighted by Gasteiger charge is 2.09. The van der Waals surface area contributed by atoms with Gasteiger partial charge >= 0.3 is 0 Å². The van der Waals surface area contributed by atoms with Crippen molar-refractivity contribution >= 4 is 33.5 Å². The Balaban J connectivity index is 2.06. The molecule has 21 heavy (non-hydrogen) atoms.